The normalized spacial score (nSPS) is 59.3. The second kappa shape index (κ2) is 1.00. The van der Waals surface area contributed by atoms with Gasteiger partial charge in [0.25, 0.3) is 0 Å². The Morgan fingerprint density at radius 3 is 2.44 bits per heavy atom. The van der Waals surface area contributed by atoms with Crippen molar-refractivity contribution in [2.24, 2.45) is 23.7 Å². The van der Waals surface area contributed by atoms with Crippen LogP contribution in [0.3, 0.4) is 0 Å². The van der Waals surface area contributed by atoms with Crippen LogP contribution in [0.15, 0.2) is 11.1 Å². The number of allylic oxidation sites excluding steroid dienone is 2. The molecule has 2 fully saturated rings. The summed E-state index contributed by atoms with van der Waals surface area (Å²) in [6.45, 7) is 4.82. The summed E-state index contributed by atoms with van der Waals surface area (Å²) >= 11 is 0. The van der Waals surface area contributed by atoms with Crippen LogP contribution in [-0.2, 0) is 0 Å². The highest BCUT2D eigenvalue weighted by atomic mass is 14.7. The lowest BCUT2D eigenvalue weighted by Crippen LogP contribution is -2.22. The van der Waals surface area contributed by atoms with Crippen LogP contribution in [0.1, 0.15) is 20.3 Å². The molecule has 9 heavy (non-hydrogen) atoms. The predicted octanol–water partition coefficient (Wildman–Crippen LogP) is 2.22. The van der Waals surface area contributed by atoms with Crippen LogP contribution in [0.25, 0.3) is 0 Å². The quantitative estimate of drug-likeness (QED) is 0.430. The summed E-state index contributed by atoms with van der Waals surface area (Å²) in [5.74, 6) is 4.14. The van der Waals surface area contributed by atoms with Gasteiger partial charge in [-0.15, -0.1) is 0 Å². The molecule has 4 unspecified atom stereocenters. The van der Waals surface area contributed by atoms with Gasteiger partial charge in [-0.25, -0.2) is 0 Å². The Morgan fingerprint density at radius 2 is 2.11 bits per heavy atom. The van der Waals surface area contributed by atoms with Crippen LogP contribution in [-0.4, -0.2) is 0 Å². The summed E-state index contributed by atoms with van der Waals surface area (Å²) in [4.78, 5) is 0. The third-order valence-corrected chi connectivity index (χ3v) is 3.84. The Labute approximate surface area is 56.0 Å². The fraction of sp³-hybridized carbons (Fsp3) is 0.778. The highest BCUT2D eigenvalue weighted by Crippen LogP contribution is 2.71. The van der Waals surface area contributed by atoms with Crippen molar-refractivity contribution in [2.75, 3.05) is 0 Å². The summed E-state index contributed by atoms with van der Waals surface area (Å²) in [6, 6.07) is 0. The second-order valence-electron chi connectivity index (χ2n) is 3.97. The minimum absolute atomic E-state index is 0.962. The van der Waals surface area contributed by atoms with Gasteiger partial charge in [-0.3, -0.25) is 0 Å². The first-order chi connectivity index (χ1) is 4.30. The topological polar surface area (TPSA) is 0 Å². The van der Waals surface area contributed by atoms with Gasteiger partial charge in [-0.05, 0) is 24.2 Å². The van der Waals surface area contributed by atoms with Gasteiger partial charge in [0.2, 0.25) is 0 Å². The van der Waals surface area contributed by atoms with Crippen molar-refractivity contribution in [1.82, 2.24) is 0 Å². The Balaban J connectivity index is 2.09. The molecular weight excluding hydrogens is 108 g/mol. The van der Waals surface area contributed by atoms with Crippen LogP contribution in [0.2, 0.25) is 0 Å². The Hall–Kier alpha value is -0.260. The molecule has 0 aliphatic heterocycles. The summed E-state index contributed by atoms with van der Waals surface area (Å²) < 4.78 is 0. The lowest BCUT2D eigenvalue weighted by Gasteiger charge is -2.29. The van der Waals surface area contributed by atoms with Crippen molar-refractivity contribution in [3.8, 4) is 0 Å². The van der Waals surface area contributed by atoms with Gasteiger partial charge in [0, 0.05) is 5.92 Å². The molecule has 0 amide bonds. The maximum atomic E-state index is 2.42. The van der Waals surface area contributed by atoms with E-state index in [-0.39, 0.29) is 0 Å². The lowest BCUT2D eigenvalue weighted by molar-refractivity contribution is 0.272. The molecule has 48 valence electrons. The van der Waals surface area contributed by atoms with Gasteiger partial charge < -0.3 is 0 Å². The van der Waals surface area contributed by atoms with Gasteiger partial charge in [-0.1, -0.05) is 25.0 Å². The van der Waals surface area contributed by atoms with E-state index in [0.29, 0.717) is 0 Å². The van der Waals surface area contributed by atoms with Gasteiger partial charge in [0.15, 0.2) is 0 Å². The van der Waals surface area contributed by atoms with Crippen LogP contribution >= 0.6 is 0 Å². The average molecular weight is 120 g/mol. The van der Waals surface area contributed by atoms with E-state index >= 15 is 0 Å². The summed E-state index contributed by atoms with van der Waals surface area (Å²) in [5.41, 5.74) is 3.72. The van der Waals surface area contributed by atoms with Crippen molar-refractivity contribution < 1.29 is 0 Å². The molecule has 0 aromatic rings. The van der Waals surface area contributed by atoms with Gasteiger partial charge in [0.05, 0.1) is 0 Å². The lowest BCUT2D eigenvalue weighted by atomic mass is 9.75. The zero-order chi connectivity index (χ0) is 6.17. The molecule has 0 heterocycles. The Bertz CT molecular complexity index is 212. The highest BCUT2D eigenvalue weighted by Gasteiger charge is 2.61. The monoisotopic (exact) mass is 120 g/mol. The fourth-order valence-corrected chi connectivity index (χ4v) is 2.97. The molecular formula is C9H12. The fourth-order valence-electron chi connectivity index (χ4n) is 2.97. The van der Waals surface area contributed by atoms with Crippen molar-refractivity contribution >= 4 is 0 Å². The van der Waals surface area contributed by atoms with Gasteiger partial charge in [0.1, 0.15) is 0 Å². The molecule has 0 aromatic carbocycles. The highest BCUT2D eigenvalue weighted by molar-refractivity contribution is 5.55. The molecule has 0 saturated heterocycles. The Morgan fingerprint density at radius 1 is 1.33 bits per heavy atom. The minimum atomic E-state index is 0.962. The van der Waals surface area contributed by atoms with Crippen LogP contribution in [0.4, 0.5) is 0 Å². The first-order valence-corrected chi connectivity index (χ1v) is 4.03. The maximum Gasteiger partial charge on any atom is 0.00498 e. The molecule has 0 aromatic heterocycles. The SMILES string of the molecule is CC1C2=C3CC(C32)C1C. The van der Waals surface area contributed by atoms with E-state index in [1.807, 2.05) is 11.1 Å². The molecule has 2 saturated carbocycles. The molecule has 0 spiro atoms. The zero-order valence-corrected chi connectivity index (χ0v) is 6.02. The molecule has 0 N–H and O–H groups in total. The van der Waals surface area contributed by atoms with E-state index in [0.717, 1.165) is 23.7 Å². The molecule has 0 heteroatoms. The number of rotatable bonds is 0. The van der Waals surface area contributed by atoms with E-state index < -0.39 is 0 Å². The molecule has 0 nitrogen and oxygen atoms in total. The van der Waals surface area contributed by atoms with Gasteiger partial charge in [-0.2, -0.15) is 0 Å². The largest absolute Gasteiger partial charge is 0.0623 e. The van der Waals surface area contributed by atoms with E-state index in [1.54, 1.807) is 0 Å². The standard InChI is InChI=1S/C9H12/c1-4-5(2)8-7-3-6(4)9(7)8/h4-6,9H,3H2,1-2H3. The molecule has 3 aliphatic carbocycles. The van der Waals surface area contributed by atoms with Crippen molar-refractivity contribution in [3.05, 3.63) is 11.1 Å². The Kier molecular flexibility index (Phi) is 0.505. The third-order valence-electron chi connectivity index (χ3n) is 3.84. The van der Waals surface area contributed by atoms with Crippen molar-refractivity contribution in [1.29, 1.82) is 0 Å². The summed E-state index contributed by atoms with van der Waals surface area (Å²) in [5, 5.41) is 0. The smallest absolute Gasteiger partial charge is 0.00498 e. The van der Waals surface area contributed by atoms with Crippen LogP contribution in [0, 0.1) is 23.7 Å². The van der Waals surface area contributed by atoms with Crippen molar-refractivity contribution in [2.45, 2.75) is 20.3 Å². The predicted molar refractivity (Wildman–Crippen MR) is 37.0 cm³/mol. The molecule has 4 atom stereocenters. The van der Waals surface area contributed by atoms with E-state index in [9.17, 15) is 0 Å². The molecule has 0 radical (unpaired) electrons. The second-order valence-corrected chi connectivity index (χ2v) is 3.97. The summed E-state index contributed by atoms with van der Waals surface area (Å²) in [7, 11) is 0. The number of hydrogen-bond acceptors (Lipinski definition) is 0. The molecule has 3 aliphatic rings. The van der Waals surface area contributed by atoms with E-state index in [1.165, 1.54) is 6.42 Å². The first kappa shape index (κ1) is 4.54. The van der Waals surface area contributed by atoms with Crippen LogP contribution in [0.5, 0.6) is 0 Å². The number of hydrogen-bond donors (Lipinski definition) is 0. The zero-order valence-electron chi connectivity index (χ0n) is 6.02. The maximum absolute atomic E-state index is 2.42. The third kappa shape index (κ3) is 0.288. The van der Waals surface area contributed by atoms with Gasteiger partial charge >= 0.3 is 0 Å². The first-order valence-electron chi connectivity index (χ1n) is 4.03. The average Bonchev–Trinajstić information content (AvgIpc) is 2.27. The van der Waals surface area contributed by atoms with Crippen LogP contribution < -0.4 is 0 Å². The van der Waals surface area contributed by atoms with Crippen molar-refractivity contribution in [3.63, 3.8) is 0 Å². The molecule has 3 rings (SSSR count). The van der Waals surface area contributed by atoms with E-state index in [4.69, 9.17) is 0 Å². The van der Waals surface area contributed by atoms with E-state index in [2.05, 4.69) is 13.8 Å². The minimum Gasteiger partial charge on any atom is -0.0623 e. The summed E-state index contributed by atoms with van der Waals surface area (Å²) in [6.07, 6.45) is 1.48. The molecule has 0 bridgehead atoms.